The average Bonchev–Trinajstić information content (AvgIpc) is 2.55. The zero-order valence-electron chi connectivity index (χ0n) is 9.56. The topological polar surface area (TPSA) is 160 Å². The minimum Gasteiger partial charge on any atom is -0.480 e. The maximum Gasteiger partial charge on any atom is 0.323 e. The highest BCUT2D eigenvalue weighted by molar-refractivity contribution is 5.80. The number of aliphatic carboxylic acids is 1. The van der Waals surface area contributed by atoms with Gasteiger partial charge in [0.1, 0.15) is 31.0 Å². The van der Waals surface area contributed by atoms with Crippen molar-refractivity contribution in [1.29, 1.82) is 5.41 Å². The van der Waals surface area contributed by atoms with Crippen LogP contribution in [0.5, 0.6) is 0 Å². The number of aliphatic hydroxyl groups excluding tert-OH is 3. The molecule has 0 bridgehead atoms. The normalized spacial score (nSPS) is 31.3. The van der Waals surface area contributed by atoms with Crippen molar-refractivity contribution >= 4 is 11.9 Å². The summed E-state index contributed by atoms with van der Waals surface area (Å²) in [5, 5.41) is 43.9. The smallest absolute Gasteiger partial charge is 0.323 e. The van der Waals surface area contributed by atoms with Crippen LogP contribution in [-0.4, -0.2) is 81.4 Å². The Bertz CT molecular complexity index is 325. The molecular formula is C9H17N3O6. The van der Waals surface area contributed by atoms with Crippen LogP contribution in [0.4, 0.5) is 0 Å². The van der Waals surface area contributed by atoms with Gasteiger partial charge in [-0.15, -0.1) is 0 Å². The largest absolute Gasteiger partial charge is 0.480 e. The van der Waals surface area contributed by atoms with E-state index in [9.17, 15) is 15.0 Å². The number of nitrogens with two attached hydrogens (primary N) is 1. The summed E-state index contributed by atoms with van der Waals surface area (Å²) >= 11 is 0. The summed E-state index contributed by atoms with van der Waals surface area (Å²) < 4.78 is 5.16. The van der Waals surface area contributed by atoms with E-state index < -0.39 is 49.5 Å². The summed E-state index contributed by atoms with van der Waals surface area (Å²) in [4.78, 5) is 11.6. The molecule has 7 N–H and O–H groups in total. The lowest BCUT2D eigenvalue weighted by Gasteiger charge is -2.25. The van der Waals surface area contributed by atoms with Crippen LogP contribution in [0.15, 0.2) is 0 Å². The third kappa shape index (κ3) is 3.29. The molecule has 0 spiro atoms. The molecule has 1 rings (SSSR count). The van der Waals surface area contributed by atoms with Crippen LogP contribution in [0.3, 0.4) is 0 Å². The van der Waals surface area contributed by atoms with Crippen molar-refractivity contribution < 1.29 is 30.0 Å². The Morgan fingerprint density at radius 2 is 1.89 bits per heavy atom. The maximum atomic E-state index is 10.6. The Morgan fingerprint density at radius 3 is 2.28 bits per heavy atom. The van der Waals surface area contributed by atoms with Crippen molar-refractivity contribution in [2.24, 2.45) is 5.73 Å². The van der Waals surface area contributed by atoms with Crippen molar-refractivity contribution in [1.82, 2.24) is 4.90 Å². The SMILES string of the molecule is N=C(N)N(CC(=O)O)CC1O[C@H](CO)[C@@H](O)[C@H]1O. The van der Waals surface area contributed by atoms with Crippen molar-refractivity contribution in [3.05, 3.63) is 0 Å². The molecule has 0 aromatic rings. The number of hydrogen-bond donors (Lipinski definition) is 6. The van der Waals surface area contributed by atoms with Gasteiger partial charge in [-0.05, 0) is 0 Å². The summed E-state index contributed by atoms with van der Waals surface area (Å²) in [6, 6.07) is 0. The van der Waals surface area contributed by atoms with Crippen molar-refractivity contribution in [3.8, 4) is 0 Å². The van der Waals surface area contributed by atoms with Crippen LogP contribution in [0.1, 0.15) is 0 Å². The zero-order valence-corrected chi connectivity index (χ0v) is 9.56. The first-order valence-corrected chi connectivity index (χ1v) is 5.30. The van der Waals surface area contributed by atoms with Crippen LogP contribution in [0.2, 0.25) is 0 Å². The molecule has 4 atom stereocenters. The van der Waals surface area contributed by atoms with Crippen molar-refractivity contribution in [2.75, 3.05) is 19.7 Å². The molecule has 1 heterocycles. The highest BCUT2D eigenvalue weighted by atomic mass is 16.6. The summed E-state index contributed by atoms with van der Waals surface area (Å²) in [5.74, 6) is -1.66. The molecule has 9 nitrogen and oxygen atoms in total. The first-order chi connectivity index (χ1) is 8.36. The lowest BCUT2D eigenvalue weighted by Crippen LogP contribution is -2.47. The summed E-state index contributed by atoms with van der Waals surface area (Å²) in [6.45, 7) is -1.13. The molecular weight excluding hydrogens is 246 g/mol. The average molecular weight is 263 g/mol. The molecule has 1 aliphatic rings. The third-order valence-corrected chi connectivity index (χ3v) is 2.71. The quantitative estimate of drug-likeness (QED) is 0.223. The van der Waals surface area contributed by atoms with E-state index in [0.717, 1.165) is 4.90 Å². The Labute approximate surface area is 103 Å². The van der Waals surface area contributed by atoms with Gasteiger partial charge in [-0.1, -0.05) is 0 Å². The molecule has 104 valence electrons. The zero-order chi connectivity index (χ0) is 13.9. The number of aliphatic hydroxyl groups is 3. The third-order valence-electron chi connectivity index (χ3n) is 2.71. The fraction of sp³-hybridized carbons (Fsp3) is 0.778. The van der Waals surface area contributed by atoms with Gasteiger partial charge in [0.05, 0.1) is 13.2 Å². The minimum absolute atomic E-state index is 0.156. The van der Waals surface area contributed by atoms with E-state index in [1.54, 1.807) is 0 Å². The van der Waals surface area contributed by atoms with Crippen molar-refractivity contribution in [2.45, 2.75) is 24.4 Å². The van der Waals surface area contributed by atoms with E-state index in [1.807, 2.05) is 0 Å². The number of ether oxygens (including phenoxy) is 1. The molecule has 9 heteroatoms. The van der Waals surface area contributed by atoms with E-state index in [2.05, 4.69) is 0 Å². The molecule has 0 saturated carbocycles. The number of carboxylic acids is 1. The first kappa shape index (κ1) is 14.6. The fourth-order valence-electron chi connectivity index (χ4n) is 1.76. The number of nitrogens with zero attached hydrogens (tertiary/aromatic N) is 1. The molecule has 0 radical (unpaired) electrons. The lowest BCUT2D eigenvalue weighted by molar-refractivity contribution is -0.137. The maximum absolute atomic E-state index is 10.6. The van der Waals surface area contributed by atoms with E-state index >= 15 is 0 Å². The molecule has 1 fully saturated rings. The van der Waals surface area contributed by atoms with Crippen LogP contribution in [0.25, 0.3) is 0 Å². The van der Waals surface area contributed by atoms with E-state index in [1.165, 1.54) is 0 Å². The van der Waals surface area contributed by atoms with Crippen LogP contribution >= 0.6 is 0 Å². The molecule has 1 saturated heterocycles. The second-order valence-corrected chi connectivity index (χ2v) is 4.04. The number of carboxylic acid groups (broad SMARTS) is 1. The number of guanidine groups is 1. The number of rotatable bonds is 5. The summed E-state index contributed by atoms with van der Waals surface area (Å²) in [7, 11) is 0. The van der Waals surface area contributed by atoms with Gasteiger partial charge in [0.15, 0.2) is 5.96 Å². The van der Waals surface area contributed by atoms with Gasteiger partial charge in [-0.2, -0.15) is 0 Å². The molecule has 0 aliphatic carbocycles. The highest BCUT2D eigenvalue weighted by Crippen LogP contribution is 2.21. The Balaban J connectivity index is 2.64. The monoisotopic (exact) mass is 263 g/mol. The molecule has 1 aliphatic heterocycles. The number of nitrogens with one attached hydrogen (secondary N) is 1. The van der Waals surface area contributed by atoms with Crippen LogP contribution in [0, 0.1) is 5.41 Å². The fourth-order valence-corrected chi connectivity index (χ4v) is 1.76. The molecule has 18 heavy (non-hydrogen) atoms. The molecule has 1 unspecified atom stereocenters. The first-order valence-electron chi connectivity index (χ1n) is 5.30. The molecule has 0 aromatic carbocycles. The standard InChI is InChI=1S/C9H17N3O6/c10-9(11)12(2-6(14)15)1-4-7(16)8(17)5(3-13)18-4/h4-5,7-8,13,16-17H,1-3H2,(H3,10,11)(H,14,15)/t4?,5-,7+,8-/m1/s1. The Hall–Kier alpha value is -1.42. The lowest BCUT2D eigenvalue weighted by atomic mass is 10.1. The molecule has 0 aromatic heterocycles. The Kier molecular flexibility index (Phi) is 4.84. The van der Waals surface area contributed by atoms with Gasteiger partial charge in [0, 0.05) is 0 Å². The van der Waals surface area contributed by atoms with Crippen LogP contribution in [-0.2, 0) is 9.53 Å². The summed E-state index contributed by atoms with van der Waals surface area (Å²) in [6.07, 6.45) is -4.36. The van der Waals surface area contributed by atoms with Gasteiger partial charge in [-0.3, -0.25) is 10.2 Å². The summed E-state index contributed by atoms with van der Waals surface area (Å²) in [5.41, 5.74) is 5.21. The predicted octanol–water partition coefficient (Wildman–Crippen LogP) is -3.25. The number of hydrogen-bond acceptors (Lipinski definition) is 6. The molecule has 0 amide bonds. The van der Waals surface area contributed by atoms with Gasteiger partial charge < -0.3 is 35.8 Å². The van der Waals surface area contributed by atoms with E-state index in [-0.39, 0.29) is 6.54 Å². The van der Waals surface area contributed by atoms with Gasteiger partial charge in [0.25, 0.3) is 0 Å². The minimum atomic E-state index is -1.27. The predicted molar refractivity (Wildman–Crippen MR) is 58.9 cm³/mol. The van der Waals surface area contributed by atoms with Crippen molar-refractivity contribution in [3.63, 3.8) is 0 Å². The van der Waals surface area contributed by atoms with Gasteiger partial charge >= 0.3 is 5.97 Å². The number of carbonyl (C=O) groups is 1. The van der Waals surface area contributed by atoms with Gasteiger partial charge in [0.2, 0.25) is 0 Å². The Morgan fingerprint density at radius 1 is 1.33 bits per heavy atom. The highest BCUT2D eigenvalue weighted by Gasteiger charge is 2.43. The van der Waals surface area contributed by atoms with Crippen LogP contribution < -0.4 is 5.73 Å². The second kappa shape index (κ2) is 5.96. The van der Waals surface area contributed by atoms with Gasteiger partial charge in [-0.25, -0.2) is 0 Å². The van der Waals surface area contributed by atoms with E-state index in [4.69, 9.17) is 26.1 Å². The van der Waals surface area contributed by atoms with E-state index in [0.29, 0.717) is 0 Å². The second-order valence-electron chi connectivity index (χ2n) is 4.04.